The van der Waals surface area contributed by atoms with Gasteiger partial charge in [0.05, 0.1) is 12.0 Å². The van der Waals surface area contributed by atoms with Crippen molar-refractivity contribution in [3.63, 3.8) is 0 Å². The number of benzene rings is 3. The summed E-state index contributed by atoms with van der Waals surface area (Å²) in [5.74, 6) is 0.968. The molecule has 0 atom stereocenters. The van der Waals surface area contributed by atoms with E-state index in [1.54, 1.807) is 6.92 Å². The van der Waals surface area contributed by atoms with Gasteiger partial charge >= 0.3 is 12.0 Å². The molecule has 40 heavy (non-hydrogen) atoms. The molecule has 2 amide bonds. The van der Waals surface area contributed by atoms with Crippen LogP contribution in [0.4, 0.5) is 16.3 Å². The van der Waals surface area contributed by atoms with Crippen LogP contribution in [0.3, 0.4) is 0 Å². The molecule has 0 unspecified atom stereocenters. The first-order chi connectivity index (χ1) is 19.6. The minimum Gasteiger partial charge on any atom is -0.465 e. The Morgan fingerprint density at radius 2 is 1.57 bits per heavy atom. The van der Waals surface area contributed by atoms with Crippen molar-refractivity contribution in [3.05, 3.63) is 96.8 Å². The Kier molecular flexibility index (Phi) is 8.31. The number of nitrogens with one attached hydrogen (secondary N) is 3. The smallest absolute Gasteiger partial charge is 0.325 e. The number of hydrogen-bond acceptors (Lipinski definition) is 7. The monoisotopic (exact) mass is 535 g/mol. The molecule has 0 fully saturated rings. The van der Waals surface area contributed by atoms with Crippen molar-refractivity contribution in [2.45, 2.75) is 13.3 Å². The number of hydrogen-bond donors (Lipinski definition) is 3. The fourth-order valence-electron chi connectivity index (χ4n) is 4.36. The van der Waals surface area contributed by atoms with Crippen molar-refractivity contribution in [3.8, 4) is 22.5 Å². The normalized spacial score (nSPS) is 10.7. The topological polar surface area (TPSA) is 118 Å². The molecule has 9 nitrogen and oxygen atoms in total. The van der Waals surface area contributed by atoms with Crippen molar-refractivity contribution < 1.29 is 18.7 Å². The van der Waals surface area contributed by atoms with E-state index < -0.39 is 12.0 Å². The molecule has 3 N–H and O–H groups in total. The average molecular weight is 536 g/mol. The number of fused-ring (bicyclic) bond motifs is 1. The first-order valence-corrected chi connectivity index (χ1v) is 13.0. The SMILES string of the molecule is CCOC(=O)CNC(=O)Nc1ccc(CCNc2ncnc3oc(-c4ccccc4)c(-c4ccccc4)c23)cc1. The molecule has 0 saturated heterocycles. The number of ether oxygens (including phenoxy) is 1. The zero-order valence-electron chi connectivity index (χ0n) is 22.0. The summed E-state index contributed by atoms with van der Waals surface area (Å²) in [6.45, 7) is 2.42. The van der Waals surface area contributed by atoms with Crippen LogP contribution in [0.15, 0.2) is 95.7 Å². The maximum absolute atomic E-state index is 12.0. The third kappa shape index (κ3) is 6.27. The van der Waals surface area contributed by atoms with E-state index in [2.05, 4.69) is 38.1 Å². The minimum absolute atomic E-state index is 0.185. The lowest BCUT2D eigenvalue weighted by Gasteiger charge is -2.10. The van der Waals surface area contributed by atoms with Crippen LogP contribution in [0.5, 0.6) is 0 Å². The first kappa shape index (κ1) is 26.4. The predicted octanol–water partition coefficient (Wildman–Crippen LogP) is 5.90. The average Bonchev–Trinajstić information content (AvgIpc) is 3.39. The summed E-state index contributed by atoms with van der Waals surface area (Å²) in [4.78, 5) is 32.4. The van der Waals surface area contributed by atoms with Gasteiger partial charge in [0.15, 0.2) is 0 Å². The number of esters is 1. The third-order valence-electron chi connectivity index (χ3n) is 6.20. The van der Waals surface area contributed by atoms with E-state index in [9.17, 15) is 9.59 Å². The highest BCUT2D eigenvalue weighted by atomic mass is 16.5. The van der Waals surface area contributed by atoms with Crippen LogP contribution in [-0.4, -0.2) is 41.7 Å². The lowest BCUT2D eigenvalue weighted by Crippen LogP contribution is -2.34. The molecular formula is C31H29N5O4. The fraction of sp³-hybridized carbons (Fsp3) is 0.161. The fourth-order valence-corrected chi connectivity index (χ4v) is 4.36. The zero-order valence-corrected chi connectivity index (χ0v) is 22.0. The van der Waals surface area contributed by atoms with Gasteiger partial charge in [-0.15, -0.1) is 0 Å². The van der Waals surface area contributed by atoms with Gasteiger partial charge in [-0.2, -0.15) is 0 Å². The maximum Gasteiger partial charge on any atom is 0.325 e. The third-order valence-corrected chi connectivity index (χ3v) is 6.20. The van der Waals surface area contributed by atoms with Gasteiger partial charge in [-0.25, -0.2) is 14.8 Å². The molecule has 5 aromatic rings. The van der Waals surface area contributed by atoms with E-state index in [4.69, 9.17) is 9.15 Å². The minimum atomic E-state index is -0.482. The second-order valence-corrected chi connectivity index (χ2v) is 8.93. The predicted molar refractivity (Wildman–Crippen MR) is 155 cm³/mol. The molecule has 0 bridgehead atoms. The van der Waals surface area contributed by atoms with Crippen molar-refractivity contribution in [1.82, 2.24) is 15.3 Å². The number of urea groups is 1. The van der Waals surface area contributed by atoms with E-state index in [1.165, 1.54) is 6.33 Å². The van der Waals surface area contributed by atoms with Crippen LogP contribution in [-0.2, 0) is 16.0 Å². The lowest BCUT2D eigenvalue weighted by molar-refractivity contribution is -0.141. The van der Waals surface area contributed by atoms with Gasteiger partial charge < -0.3 is 25.1 Å². The molecule has 2 aromatic heterocycles. The van der Waals surface area contributed by atoms with Gasteiger partial charge in [0.25, 0.3) is 0 Å². The summed E-state index contributed by atoms with van der Waals surface area (Å²) in [6.07, 6.45) is 2.23. The van der Waals surface area contributed by atoms with Crippen LogP contribution >= 0.6 is 0 Å². The number of nitrogens with zero attached hydrogens (tertiary/aromatic N) is 2. The molecule has 0 aliphatic carbocycles. The van der Waals surface area contributed by atoms with Gasteiger partial charge in [0.1, 0.15) is 24.5 Å². The van der Waals surface area contributed by atoms with Crippen LogP contribution in [0, 0.1) is 0 Å². The molecule has 202 valence electrons. The van der Waals surface area contributed by atoms with Crippen LogP contribution in [0.2, 0.25) is 0 Å². The molecule has 0 aliphatic rings. The Bertz CT molecular complexity index is 1590. The summed E-state index contributed by atoms with van der Waals surface area (Å²) in [5, 5.41) is 9.47. The Morgan fingerprint density at radius 1 is 0.875 bits per heavy atom. The number of amides is 2. The number of furan rings is 1. The number of carbonyl (C=O) groups excluding carboxylic acids is 2. The van der Waals surface area contributed by atoms with Gasteiger partial charge in [-0.05, 0) is 36.6 Å². The lowest BCUT2D eigenvalue weighted by atomic mass is 9.99. The molecule has 0 saturated carbocycles. The van der Waals surface area contributed by atoms with E-state index in [-0.39, 0.29) is 13.2 Å². The van der Waals surface area contributed by atoms with Crippen molar-refractivity contribution in [1.29, 1.82) is 0 Å². The van der Waals surface area contributed by atoms with E-state index >= 15 is 0 Å². The highest BCUT2D eigenvalue weighted by Gasteiger charge is 2.21. The second kappa shape index (κ2) is 12.6. The molecule has 0 radical (unpaired) electrons. The van der Waals surface area contributed by atoms with Gasteiger partial charge in [-0.1, -0.05) is 72.8 Å². The molecule has 2 heterocycles. The van der Waals surface area contributed by atoms with Crippen molar-refractivity contribution in [2.24, 2.45) is 0 Å². The number of rotatable bonds is 10. The Morgan fingerprint density at radius 3 is 2.27 bits per heavy atom. The summed E-state index contributed by atoms with van der Waals surface area (Å²) in [5.41, 5.74) is 5.15. The Hall–Kier alpha value is -5.18. The Balaban J connectivity index is 1.29. The molecule has 9 heteroatoms. The second-order valence-electron chi connectivity index (χ2n) is 8.93. The highest BCUT2D eigenvalue weighted by molar-refractivity contribution is 6.05. The van der Waals surface area contributed by atoms with Crippen LogP contribution in [0.1, 0.15) is 12.5 Å². The number of aromatic nitrogens is 2. The first-order valence-electron chi connectivity index (χ1n) is 13.0. The molecule has 0 spiro atoms. The number of carbonyl (C=O) groups is 2. The van der Waals surface area contributed by atoms with Crippen molar-refractivity contribution >= 4 is 34.6 Å². The maximum atomic E-state index is 12.0. The summed E-state index contributed by atoms with van der Waals surface area (Å²) in [7, 11) is 0. The van der Waals surface area contributed by atoms with Crippen molar-refractivity contribution in [2.75, 3.05) is 30.3 Å². The summed E-state index contributed by atoms with van der Waals surface area (Å²) < 4.78 is 11.1. The van der Waals surface area contributed by atoms with Crippen LogP contribution < -0.4 is 16.0 Å². The zero-order chi connectivity index (χ0) is 27.7. The van der Waals surface area contributed by atoms with Crippen LogP contribution in [0.25, 0.3) is 33.6 Å². The quantitative estimate of drug-likeness (QED) is 0.191. The van der Waals surface area contributed by atoms with Gasteiger partial charge in [0.2, 0.25) is 5.71 Å². The number of anilines is 2. The van der Waals surface area contributed by atoms with Gasteiger partial charge in [-0.3, -0.25) is 4.79 Å². The molecule has 5 rings (SSSR count). The van der Waals surface area contributed by atoms with E-state index in [0.29, 0.717) is 23.8 Å². The van der Waals surface area contributed by atoms with E-state index in [0.717, 1.165) is 39.8 Å². The molecule has 3 aromatic carbocycles. The molecular weight excluding hydrogens is 506 g/mol. The highest BCUT2D eigenvalue weighted by Crippen LogP contribution is 2.42. The largest absolute Gasteiger partial charge is 0.465 e. The summed E-state index contributed by atoms with van der Waals surface area (Å²) >= 11 is 0. The van der Waals surface area contributed by atoms with E-state index in [1.807, 2.05) is 72.8 Å². The van der Waals surface area contributed by atoms with Gasteiger partial charge in [0, 0.05) is 23.4 Å². The Labute approximate surface area is 231 Å². The summed E-state index contributed by atoms with van der Waals surface area (Å²) in [6, 6.07) is 27.1. The standard InChI is InChI=1S/C31H29N5O4/c1-2-39-25(37)19-33-31(38)36-24-15-13-21(14-16-24)17-18-32-29-27-26(22-9-5-3-6-10-22)28(23-11-7-4-8-12-23)40-30(27)35-20-34-29/h3-16,20H,2,17-19H2,1H3,(H,32,34,35)(H2,33,36,38). The molecule has 0 aliphatic heterocycles.